The predicted octanol–water partition coefficient (Wildman–Crippen LogP) is 5.33. The predicted molar refractivity (Wildman–Crippen MR) is 97.0 cm³/mol. The van der Waals surface area contributed by atoms with Crippen molar-refractivity contribution in [2.24, 2.45) is 0 Å². The number of aromatic nitrogens is 3. The quantitative estimate of drug-likeness (QED) is 0.558. The number of nitrogens with one attached hydrogen (secondary N) is 1. The molecule has 1 aromatic heterocycles. The Kier molecular flexibility index (Phi) is 5.43. The van der Waals surface area contributed by atoms with Crippen molar-refractivity contribution in [2.45, 2.75) is 10.9 Å². The molecule has 0 aliphatic carbocycles. The summed E-state index contributed by atoms with van der Waals surface area (Å²) in [6.07, 6.45) is 0. The van der Waals surface area contributed by atoms with Crippen LogP contribution in [0.4, 0.5) is 4.39 Å². The van der Waals surface area contributed by atoms with Crippen LogP contribution >= 0.6 is 39.3 Å². The summed E-state index contributed by atoms with van der Waals surface area (Å²) in [5, 5.41) is 8.27. The molecule has 0 aliphatic heterocycles. The molecule has 0 aliphatic rings. The van der Waals surface area contributed by atoms with Crippen LogP contribution < -0.4 is 4.74 Å². The van der Waals surface area contributed by atoms with Gasteiger partial charge in [0.25, 0.3) is 0 Å². The number of hydrogen-bond donors (Lipinski definition) is 1. The van der Waals surface area contributed by atoms with Crippen molar-refractivity contribution >= 4 is 39.3 Å². The van der Waals surface area contributed by atoms with Gasteiger partial charge in [-0.3, -0.25) is 5.10 Å². The highest BCUT2D eigenvalue weighted by Gasteiger charge is 2.12. The minimum atomic E-state index is -0.274. The molecule has 0 saturated carbocycles. The van der Waals surface area contributed by atoms with Gasteiger partial charge in [0.2, 0.25) is 5.16 Å². The average molecular weight is 429 g/mol. The van der Waals surface area contributed by atoms with Gasteiger partial charge in [-0.1, -0.05) is 45.4 Å². The van der Waals surface area contributed by atoms with E-state index in [2.05, 4.69) is 31.1 Å². The Morgan fingerprint density at radius 1 is 1.29 bits per heavy atom. The largest absolute Gasteiger partial charge is 0.496 e. The zero-order valence-electron chi connectivity index (χ0n) is 12.5. The van der Waals surface area contributed by atoms with E-state index < -0.39 is 0 Å². The Morgan fingerprint density at radius 3 is 2.88 bits per heavy atom. The third kappa shape index (κ3) is 3.91. The Hall–Kier alpha value is -1.57. The van der Waals surface area contributed by atoms with Gasteiger partial charge in [-0.2, -0.15) is 0 Å². The first-order valence-electron chi connectivity index (χ1n) is 6.90. The van der Waals surface area contributed by atoms with Crippen LogP contribution in [0.15, 0.2) is 46.0 Å². The maximum atomic E-state index is 13.1. The van der Waals surface area contributed by atoms with Crippen LogP contribution in [0, 0.1) is 5.82 Å². The second-order valence-electron chi connectivity index (χ2n) is 4.84. The van der Waals surface area contributed by atoms with Crippen molar-refractivity contribution < 1.29 is 9.13 Å². The highest BCUT2D eigenvalue weighted by molar-refractivity contribution is 9.10. The molecule has 3 aromatic rings. The first-order chi connectivity index (χ1) is 11.6. The fourth-order valence-corrected chi connectivity index (χ4v) is 3.73. The van der Waals surface area contributed by atoms with E-state index >= 15 is 0 Å². The van der Waals surface area contributed by atoms with Crippen LogP contribution in [0.25, 0.3) is 11.4 Å². The lowest BCUT2D eigenvalue weighted by Crippen LogP contribution is -1.89. The lowest BCUT2D eigenvalue weighted by atomic mass is 10.2. The molecule has 0 fully saturated rings. The number of benzene rings is 2. The Balaban J connectivity index is 1.77. The summed E-state index contributed by atoms with van der Waals surface area (Å²) in [4.78, 5) is 4.46. The van der Waals surface area contributed by atoms with Crippen molar-refractivity contribution in [3.8, 4) is 17.1 Å². The molecule has 2 aromatic carbocycles. The summed E-state index contributed by atoms with van der Waals surface area (Å²) >= 11 is 10.8. The fraction of sp³-hybridized carbons (Fsp3) is 0.125. The molecule has 4 nitrogen and oxygen atoms in total. The van der Waals surface area contributed by atoms with Crippen molar-refractivity contribution in [1.29, 1.82) is 0 Å². The molecule has 3 rings (SSSR count). The van der Waals surface area contributed by atoms with Crippen LogP contribution in [-0.2, 0) is 5.75 Å². The Morgan fingerprint density at radius 2 is 2.12 bits per heavy atom. The second kappa shape index (κ2) is 7.55. The summed E-state index contributed by atoms with van der Waals surface area (Å²) in [7, 11) is 1.59. The second-order valence-corrected chi connectivity index (χ2v) is 7.07. The zero-order chi connectivity index (χ0) is 17.1. The van der Waals surface area contributed by atoms with Crippen LogP contribution in [0.5, 0.6) is 5.75 Å². The molecule has 0 saturated heterocycles. The van der Waals surface area contributed by atoms with Gasteiger partial charge in [-0.05, 0) is 35.9 Å². The maximum Gasteiger partial charge on any atom is 0.209 e. The standard InChI is InChI=1S/C16H12BrClFN3OS/c1-23-14-5-3-10(18)6-12(14)15-20-16(22-21-15)24-8-9-2-4-11(19)7-13(9)17/h2-7H,8H2,1H3,(H,20,21,22). The minimum absolute atomic E-state index is 0.274. The number of ether oxygens (including phenoxy) is 1. The van der Waals surface area contributed by atoms with E-state index in [1.165, 1.54) is 23.9 Å². The summed E-state index contributed by atoms with van der Waals surface area (Å²) < 4.78 is 19.2. The van der Waals surface area contributed by atoms with E-state index in [0.717, 1.165) is 15.6 Å². The van der Waals surface area contributed by atoms with E-state index in [0.29, 0.717) is 27.5 Å². The smallest absolute Gasteiger partial charge is 0.209 e. The van der Waals surface area contributed by atoms with Gasteiger partial charge in [0.05, 0.1) is 12.7 Å². The van der Waals surface area contributed by atoms with Gasteiger partial charge in [0.15, 0.2) is 5.82 Å². The van der Waals surface area contributed by atoms with E-state index in [4.69, 9.17) is 16.3 Å². The summed E-state index contributed by atoms with van der Waals surface area (Å²) in [5.41, 5.74) is 1.71. The molecule has 0 radical (unpaired) electrons. The Labute approximate surface area is 155 Å². The van der Waals surface area contributed by atoms with Crippen molar-refractivity contribution in [1.82, 2.24) is 15.2 Å². The molecule has 0 bridgehead atoms. The van der Waals surface area contributed by atoms with Gasteiger partial charge >= 0.3 is 0 Å². The first-order valence-corrected chi connectivity index (χ1v) is 9.05. The lowest BCUT2D eigenvalue weighted by Gasteiger charge is -2.05. The first kappa shape index (κ1) is 17.3. The van der Waals surface area contributed by atoms with Gasteiger partial charge in [-0.25, -0.2) is 9.37 Å². The van der Waals surface area contributed by atoms with Crippen LogP contribution in [0.3, 0.4) is 0 Å². The van der Waals surface area contributed by atoms with Crippen LogP contribution in [0.2, 0.25) is 5.02 Å². The lowest BCUT2D eigenvalue weighted by molar-refractivity contribution is 0.416. The van der Waals surface area contributed by atoms with Gasteiger partial charge in [0.1, 0.15) is 11.6 Å². The van der Waals surface area contributed by atoms with Crippen LogP contribution in [-0.4, -0.2) is 22.3 Å². The van der Waals surface area contributed by atoms with Crippen molar-refractivity contribution in [2.75, 3.05) is 7.11 Å². The Bertz CT molecular complexity index is 874. The molecular formula is C16H12BrClFN3OS. The molecular weight excluding hydrogens is 417 g/mol. The number of H-pyrrole nitrogens is 1. The number of halogens is 3. The molecule has 0 spiro atoms. The number of aromatic amines is 1. The number of methoxy groups -OCH3 is 1. The molecule has 0 atom stereocenters. The SMILES string of the molecule is COc1ccc(Cl)cc1-c1nc(SCc2ccc(F)cc2Br)n[nH]1. The molecule has 124 valence electrons. The topological polar surface area (TPSA) is 50.8 Å². The van der Waals surface area contributed by atoms with Crippen molar-refractivity contribution in [3.05, 3.63) is 57.3 Å². The highest BCUT2D eigenvalue weighted by atomic mass is 79.9. The molecule has 8 heteroatoms. The molecule has 24 heavy (non-hydrogen) atoms. The number of hydrogen-bond acceptors (Lipinski definition) is 4. The third-order valence-electron chi connectivity index (χ3n) is 3.25. The van der Waals surface area contributed by atoms with E-state index in [1.54, 1.807) is 31.4 Å². The summed E-state index contributed by atoms with van der Waals surface area (Å²) in [6.45, 7) is 0. The van der Waals surface area contributed by atoms with E-state index in [9.17, 15) is 4.39 Å². The van der Waals surface area contributed by atoms with E-state index in [1.807, 2.05) is 0 Å². The zero-order valence-corrected chi connectivity index (χ0v) is 15.7. The van der Waals surface area contributed by atoms with Crippen molar-refractivity contribution in [3.63, 3.8) is 0 Å². The van der Waals surface area contributed by atoms with Gasteiger partial charge in [-0.15, -0.1) is 5.10 Å². The summed E-state index contributed by atoms with van der Waals surface area (Å²) in [6, 6.07) is 9.91. The monoisotopic (exact) mass is 427 g/mol. The minimum Gasteiger partial charge on any atom is -0.496 e. The van der Waals surface area contributed by atoms with Gasteiger partial charge < -0.3 is 4.74 Å². The molecule has 1 N–H and O–H groups in total. The van der Waals surface area contributed by atoms with E-state index in [-0.39, 0.29) is 5.82 Å². The summed E-state index contributed by atoms with van der Waals surface area (Å²) in [5.74, 6) is 1.58. The van der Waals surface area contributed by atoms with Crippen LogP contribution in [0.1, 0.15) is 5.56 Å². The number of thioether (sulfide) groups is 1. The number of rotatable bonds is 5. The normalized spacial score (nSPS) is 10.8. The fourth-order valence-electron chi connectivity index (χ4n) is 2.08. The third-order valence-corrected chi connectivity index (χ3v) is 5.12. The molecule has 0 unspecified atom stereocenters. The molecule has 0 amide bonds. The molecule has 1 heterocycles. The maximum absolute atomic E-state index is 13.1. The van der Waals surface area contributed by atoms with Gasteiger partial charge in [0, 0.05) is 15.2 Å². The highest BCUT2D eigenvalue weighted by Crippen LogP contribution is 2.32. The average Bonchev–Trinajstić information content (AvgIpc) is 3.03. The number of nitrogens with zero attached hydrogens (tertiary/aromatic N) is 2.